The summed E-state index contributed by atoms with van der Waals surface area (Å²) < 4.78 is 4.97. The smallest absolute Gasteiger partial charge is 0.338 e. The molecule has 2 amide bonds. The molecule has 2 saturated heterocycles. The fraction of sp³-hybridized carbons (Fsp3) is 0.526. The van der Waals surface area contributed by atoms with Crippen molar-refractivity contribution < 1.29 is 24.0 Å². The summed E-state index contributed by atoms with van der Waals surface area (Å²) in [7, 11) is 0. The van der Waals surface area contributed by atoms with Crippen molar-refractivity contribution in [2.75, 3.05) is 31.1 Å². The number of hydrogen-bond acceptors (Lipinski definition) is 7. The van der Waals surface area contributed by atoms with Crippen molar-refractivity contribution in [3.63, 3.8) is 0 Å². The molecule has 0 N–H and O–H groups in total. The van der Waals surface area contributed by atoms with E-state index in [2.05, 4.69) is 6.92 Å². The van der Waals surface area contributed by atoms with Gasteiger partial charge in [-0.15, -0.1) is 0 Å². The van der Waals surface area contributed by atoms with Gasteiger partial charge in [-0.3, -0.25) is 24.6 Å². The van der Waals surface area contributed by atoms with Crippen LogP contribution in [0.4, 0.5) is 11.4 Å². The Morgan fingerprint density at radius 2 is 2.07 bits per heavy atom. The molecule has 0 aromatic heterocycles. The van der Waals surface area contributed by atoms with Crippen LogP contribution < -0.4 is 4.90 Å². The lowest BCUT2D eigenvalue weighted by atomic mass is 9.99. The summed E-state index contributed by atoms with van der Waals surface area (Å²) in [5.41, 5.74) is 0.317. The second-order valence-electron chi connectivity index (χ2n) is 7.27. The van der Waals surface area contributed by atoms with Crippen LogP contribution in [-0.2, 0) is 14.3 Å². The normalized spacial score (nSPS) is 19.6. The first kappa shape index (κ1) is 19.8. The lowest BCUT2D eigenvalue weighted by Gasteiger charge is -2.32. The quantitative estimate of drug-likeness (QED) is 0.431. The van der Waals surface area contributed by atoms with Gasteiger partial charge < -0.3 is 9.64 Å². The Bertz CT molecular complexity index is 809. The van der Waals surface area contributed by atoms with Gasteiger partial charge in [0.25, 0.3) is 11.6 Å². The highest BCUT2D eigenvalue weighted by atomic mass is 16.6. The number of hydrogen-bond donors (Lipinski definition) is 0. The van der Waals surface area contributed by atoms with Crippen LogP contribution in [0.15, 0.2) is 18.2 Å². The number of anilines is 1. The van der Waals surface area contributed by atoms with E-state index in [1.165, 1.54) is 12.1 Å². The van der Waals surface area contributed by atoms with E-state index in [1.807, 2.05) is 4.90 Å². The highest BCUT2D eigenvalue weighted by molar-refractivity contribution is 5.99. The third-order valence-corrected chi connectivity index (χ3v) is 5.11. The fourth-order valence-electron chi connectivity index (χ4n) is 3.67. The number of carbonyl (C=O) groups is 3. The van der Waals surface area contributed by atoms with Crippen molar-refractivity contribution in [3.8, 4) is 0 Å². The van der Waals surface area contributed by atoms with E-state index >= 15 is 0 Å². The van der Waals surface area contributed by atoms with Crippen LogP contribution in [0.1, 0.15) is 43.0 Å². The molecule has 2 aliphatic heterocycles. The minimum absolute atomic E-state index is 0.000978. The van der Waals surface area contributed by atoms with Gasteiger partial charge in [0.05, 0.1) is 10.5 Å². The Hall–Kier alpha value is -2.97. The molecule has 0 bridgehead atoms. The number of ether oxygens (including phenoxy) is 1. The minimum atomic E-state index is -0.832. The molecule has 2 fully saturated rings. The molecule has 1 aromatic rings. The summed E-state index contributed by atoms with van der Waals surface area (Å²) in [5.74, 6) is -1.25. The second-order valence-corrected chi connectivity index (χ2v) is 7.27. The molecule has 0 unspecified atom stereocenters. The van der Waals surface area contributed by atoms with Crippen molar-refractivity contribution in [1.29, 1.82) is 0 Å². The number of amides is 2. The van der Waals surface area contributed by atoms with Crippen LogP contribution in [0.5, 0.6) is 0 Å². The predicted molar refractivity (Wildman–Crippen MR) is 99.9 cm³/mol. The van der Waals surface area contributed by atoms with Gasteiger partial charge in [-0.1, -0.05) is 6.92 Å². The van der Waals surface area contributed by atoms with Crippen molar-refractivity contribution in [1.82, 2.24) is 4.90 Å². The maximum Gasteiger partial charge on any atom is 0.338 e. The number of nitro groups is 1. The van der Waals surface area contributed by atoms with Crippen molar-refractivity contribution in [2.24, 2.45) is 5.92 Å². The summed E-state index contributed by atoms with van der Waals surface area (Å²) in [5, 5.41) is 11.5. The van der Waals surface area contributed by atoms with Crippen LogP contribution in [0, 0.1) is 16.0 Å². The van der Waals surface area contributed by atoms with Crippen LogP contribution in [0.2, 0.25) is 0 Å². The number of nitro benzene ring substituents is 1. The van der Waals surface area contributed by atoms with Gasteiger partial charge in [-0.25, -0.2) is 4.79 Å². The molecule has 150 valence electrons. The zero-order valence-corrected chi connectivity index (χ0v) is 15.8. The van der Waals surface area contributed by atoms with E-state index < -0.39 is 23.4 Å². The highest BCUT2D eigenvalue weighted by Crippen LogP contribution is 2.32. The molecule has 0 radical (unpaired) electrons. The van der Waals surface area contributed by atoms with E-state index in [9.17, 15) is 24.5 Å². The second kappa shape index (κ2) is 8.37. The molecule has 28 heavy (non-hydrogen) atoms. The number of carbonyl (C=O) groups excluding carboxylic acids is 3. The first-order chi connectivity index (χ1) is 13.4. The minimum Gasteiger partial charge on any atom is -0.452 e. The summed E-state index contributed by atoms with van der Waals surface area (Å²) in [6.07, 6.45) is 2.95. The largest absolute Gasteiger partial charge is 0.452 e. The average Bonchev–Trinajstić information content (AvgIpc) is 3.11. The van der Waals surface area contributed by atoms with E-state index in [4.69, 9.17) is 4.74 Å². The molecular weight excluding hydrogens is 366 g/mol. The topological polar surface area (TPSA) is 110 Å². The van der Waals surface area contributed by atoms with Gasteiger partial charge >= 0.3 is 5.97 Å². The number of piperidine rings is 1. The molecule has 9 nitrogen and oxygen atoms in total. The molecule has 0 saturated carbocycles. The summed E-state index contributed by atoms with van der Waals surface area (Å²) in [4.78, 5) is 49.8. The van der Waals surface area contributed by atoms with Crippen molar-refractivity contribution in [3.05, 3.63) is 33.9 Å². The van der Waals surface area contributed by atoms with Gasteiger partial charge in [0, 0.05) is 32.1 Å². The molecule has 0 aliphatic carbocycles. The lowest BCUT2D eigenvalue weighted by molar-refractivity contribution is -0.384. The van der Waals surface area contributed by atoms with Crippen LogP contribution >= 0.6 is 0 Å². The van der Waals surface area contributed by atoms with Crippen LogP contribution in [0.3, 0.4) is 0 Å². The maximum atomic E-state index is 12.2. The number of benzene rings is 1. The van der Waals surface area contributed by atoms with Crippen molar-refractivity contribution in [2.45, 2.75) is 32.6 Å². The standard InChI is InChI=1S/C19H23N3O6/c1-13-4-2-8-20(11-13)15-7-6-14(10-16(15)22(26)27)19(25)28-12-18(24)21-9-3-5-17(21)23/h6-7,10,13H,2-5,8-9,11-12H2,1H3/t13-/m1/s1. The molecule has 3 rings (SSSR count). The Labute approximate surface area is 162 Å². The van der Waals surface area contributed by atoms with E-state index in [-0.39, 0.29) is 17.2 Å². The maximum absolute atomic E-state index is 12.2. The Morgan fingerprint density at radius 1 is 1.29 bits per heavy atom. The van der Waals surface area contributed by atoms with Crippen LogP contribution in [-0.4, -0.2) is 53.8 Å². The number of esters is 1. The molecule has 2 aliphatic rings. The monoisotopic (exact) mass is 389 g/mol. The number of imide groups is 1. The first-order valence-corrected chi connectivity index (χ1v) is 9.40. The third-order valence-electron chi connectivity index (χ3n) is 5.11. The van der Waals surface area contributed by atoms with E-state index in [0.29, 0.717) is 31.0 Å². The molecular formula is C19H23N3O6. The van der Waals surface area contributed by atoms with Gasteiger partial charge in [0.1, 0.15) is 5.69 Å². The van der Waals surface area contributed by atoms with E-state index in [0.717, 1.165) is 30.8 Å². The number of nitrogens with zero attached hydrogens (tertiary/aromatic N) is 3. The average molecular weight is 389 g/mol. The Morgan fingerprint density at radius 3 is 2.71 bits per heavy atom. The van der Waals surface area contributed by atoms with Crippen molar-refractivity contribution >= 4 is 29.2 Å². The molecule has 9 heteroatoms. The zero-order valence-electron chi connectivity index (χ0n) is 15.8. The summed E-state index contributed by atoms with van der Waals surface area (Å²) in [6, 6.07) is 4.20. The van der Waals surface area contributed by atoms with E-state index in [1.54, 1.807) is 6.07 Å². The van der Waals surface area contributed by atoms with Crippen LogP contribution in [0.25, 0.3) is 0 Å². The van der Waals surface area contributed by atoms with Gasteiger partial charge in [0.15, 0.2) is 6.61 Å². The predicted octanol–water partition coefficient (Wildman–Crippen LogP) is 2.14. The summed E-state index contributed by atoms with van der Waals surface area (Å²) >= 11 is 0. The Balaban J connectivity index is 1.70. The zero-order chi connectivity index (χ0) is 20.3. The lowest BCUT2D eigenvalue weighted by Crippen LogP contribution is -2.35. The SMILES string of the molecule is C[C@@H]1CCCN(c2ccc(C(=O)OCC(=O)N3CCCC3=O)cc2[N+](=O)[O-])C1. The van der Waals surface area contributed by atoms with Gasteiger partial charge in [-0.05, 0) is 37.3 Å². The Kier molecular flexibility index (Phi) is 5.91. The first-order valence-electron chi connectivity index (χ1n) is 9.40. The fourth-order valence-corrected chi connectivity index (χ4v) is 3.67. The molecule has 0 spiro atoms. The molecule has 2 heterocycles. The number of likely N-dealkylation sites (tertiary alicyclic amines) is 1. The molecule has 1 aromatic carbocycles. The number of rotatable bonds is 5. The van der Waals surface area contributed by atoms with Gasteiger partial charge in [-0.2, -0.15) is 0 Å². The van der Waals surface area contributed by atoms with Gasteiger partial charge in [0.2, 0.25) is 5.91 Å². The third kappa shape index (κ3) is 4.29. The highest BCUT2D eigenvalue weighted by Gasteiger charge is 2.28. The molecule has 1 atom stereocenters. The summed E-state index contributed by atoms with van der Waals surface area (Å²) in [6.45, 7) is 3.32.